The molecule has 0 aromatic heterocycles. The number of nitrogens with zero attached hydrogens (tertiary/aromatic N) is 2. The molecule has 0 saturated heterocycles. The molecule has 8 nitrogen and oxygen atoms in total. The lowest BCUT2D eigenvalue weighted by Crippen LogP contribution is -2.53. The summed E-state index contributed by atoms with van der Waals surface area (Å²) in [4.78, 5) is 28.6. The second kappa shape index (κ2) is 13.5. The molecule has 2 amide bonds. The Morgan fingerprint density at radius 2 is 1.67 bits per heavy atom. The van der Waals surface area contributed by atoms with E-state index >= 15 is 0 Å². The number of methoxy groups -OCH3 is 1. The summed E-state index contributed by atoms with van der Waals surface area (Å²) in [6, 6.07) is 20.4. The average Bonchev–Trinajstić information content (AvgIpc) is 2.91. The van der Waals surface area contributed by atoms with Gasteiger partial charge in [-0.3, -0.25) is 13.9 Å². The molecule has 0 aliphatic rings. The van der Waals surface area contributed by atoms with Crippen LogP contribution in [0.4, 0.5) is 5.69 Å². The van der Waals surface area contributed by atoms with Crippen LogP contribution in [0.1, 0.15) is 32.8 Å². The lowest BCUT2D eigenvalue weighted by molar-refractivity contribution is -0.140. The smallest absolute Gasteiger partial charge is 0.264 e. The molecular weight excluding hydrogens is 538 g/mol. The summed E-state index contributed by atoms with van der Waals surface area (Å²) in [5.74, 6) is -0.251. The molecule has 1 atom stereocenters. The summed E-state index contributed by atoms with van der Waals surface area (Å²) in [6.07, 6.45) is 0.330. The first-order valence-corrected chi connectivity index (χ1v) is 14.4. The first kappa shape index (κ1) is 30.0. The number of halogens is 1. The van der Waals surface area contributed by atoms with Gasteiger partial charge >= 0.3 is 0 Å². The molecule has 0 heterocycles. The van der Waals surface area contributed by atoms with Gasteiger partial charge in [-0.15, -0.1) is 0 Å². The lowest BCUT2D eigenvalue weighted by Gasteiger charge is -2.33. The minimum atomic E-state index is -4.15. The second-order valence-corrected chi connectivity index (χ2v) is 11.6. The highest BCUT2D eigenvalue weighted by atomic mass is 35.5. The highest BCUT2D eigenvalue weighted by molar-refractivity contribution is 7.92. The number of sulfonamides is 1. The predicted octanol–water partition coefficient (Wildman–Crippen LogP) is 4.88. The van der Waals surface area contributed by atoms with Crippen LogP contribution in [0, 0.1) is 0 Å². The first-order valence-electron chi connectivity index (χ1n) is 12.6. The maximum Gasteiger partial charge on any atom is 0.264 e. The van der Waals surface area contributed by atoms with Crippen molar-refractivity contribution in [3.8, 4) is 5.75 Å². The van der Waals surface area contributed by atoms with Crippen molar-refractivity contribution in [3.63, 3.8) is 0 Å². The highest BCUT2D eigenvalue weighted by Gasteiger charge is 2.34. The molecule has 0 radical (unpaired) electrons. The summed E-state index contributed by atoms with van der Waals surface area (Å²) in [7, 11) is -2.60. The molecule has 0 aliphatic carbocycles. The van der Waals surface area contributed by atoms with Gasteiger partial charge in [-0.25, -0.2) is 8.42 Å². The van der Waals surface area contributed by atoms with E-state index in [4.69, 9.17) is 16.3 Å². The maximum absolute atomic E-state index is 14.0. The Labute approximate surface area is 235 Å². The topological polar surface area (TPSA) is 96.0 Å². The van der Waals surface area contributed by atoms with Gasteiger partial charge in [0.05, 0.1) is 17.7 Å². The Hall–Kier alpha value is -3.56. The van der Waals surface area contributed by atoms with Crippen LogP contribution < -0.4 is 14.4 Å². The largest absolute Gasteiger partial charge is 0.497 e. The number of carbonyl (C=O) groups excluding carboxylic acids is 2. The summed E-state index contributed by atoms with van der Waals surface area (Å²) >= 11 is 6.20. The highest BCUT2D eigenvalue weighted by Crippen LogP contribution is 2.27. The van der Waals surface area contributed by atoms with E-state index in [0.29, 0.717) is 17.2 Å². The molecule has 3 rings (SSSR count). The molecule has 3 aromatic carbocycles. The van der Waals surface area contributed by atoms with E-state index in [1.54, 1.807) is 61.7 Å². The van der Waals surface area contributed by atoms with Gasteiger partial charge in [0.15, 0.2) is 0 Å². The van der Waals surface area contributed by atoms with E-state index in [2.05, 4.69) is 5.32 Å². The van der Waals surface area contributed by atoms with Gasteiger partial charge in [-0.1, -0.05) is 54.9 Å². The lowest BCUT2D eigenvalue weighted by atomic mass is 10.1. The molecule has 1 N–H and O–H groups in total. The van der Waals surface area contributed by atoms with Gasteiger partial charge in [-0.05, 0) is 68.3 Å². The van der Waals surface area contributed by atoms with E-state index in [1.807, 2.05) is 26.8 Å². The predicted molar refractivity (Wildman–Crippen MR) is 153 cm³/mol. The number of ether oxygens (including phenoxy) is 1. The number of carbonyl (C=O) groups is 2. The molecule has 3 aromatic rings. The van der Waals surface area contributed by atoms with Crippen molar-refractivity contribution in [1.29, 1.82) is 0 Å². The van der Waals surface area contributed by atoms with E-state index in [9.17, 15) is 18.0 Å². The van der Waals surface area contributed by atoms with E-state index < -0.39 is 28.5 Å². The van der Waals surface area contributed by atoms with Gasteiger partial charge in [0.25, 0.3) is 10.0 Å². The Morgan fingerprint density at radius 1 is 0.974 bits per heavy atom. The van der Waals surface area contributed by atoms with Crippen LogP contribution in [-0.2, 0) is 26.2 Å². The molecule has 0 spiro atoms. The third kappa shape index (κ3) is 7.74. The normalized spacial score (nSPS) is 12.1. The number of benzene rings is 3. The number of anilines is 1. The zero-order valence-electron chi connectivity index (χ0n) is 22.5. The van der Waals surface area contributed by atoms with E-state index in [-0.39, 0.29) is 29.1 Å². The van der Waals surface area contributed by atoms with Crippen molar-refractivity contribution in [3.05, 3.63) is 89.4 Å². The van der Waals surface area contributed by atoms with E-state index in [1.165, 1.54) is 23.1 Å². The van der Waals surface area contributed by atoms with Crippen LogP contribution in [0.25, 0.3) is 0 Å². The van der Waals surface area contributed by atoms with E-state index in [0.717, 1.165) is 9.87 Å². The SMILES string of the molecule is CCC(C(=O)NC(C)C)N(Cc1cccc(OC)c1)C(=O)CN(c1cccc(Cl)c1)S(=O)(=O)c1ccccc1. The van der Waals surface area contributed by atoms with Crippen LogP contribution in [0.5, 0.6) is 5.75 Å². The fraction of sp³-hybridized carbons (Fsp3) is 0.310. The summed E-state index contributed by atoms with van der Waals surface area (Å²) < 4.78 is 33.9. The Morgan fingerprint density at radius 3 is 2.28 bits per heavy atom. The molecule has 0 fully saturated rings. The molecule has 39 heavy (non-hydrogen) atoms. The maximum atomic E-state index is 14.0. The number of hydrogen-bond acceptors (Lipinski definition) is 5. The van der Waals surface area contributed by atoms with Crippen molar-refractivity contribution in [2.75, 3.05) is 18.0 Å². The minimum Gasteiger partial charge on any atom is -0.497 e. The average molecular weight is 572 g/mol. The second-order valence-electron chi connectivity index (χ2n) is 9.27. The van der Waals surface area contributed by atoms with Crippen molar-refractivity contribution >= 4 is 39.1 Å². The Kier molecular flexibility index (Phi) is 10.4. The first-order chi connectivity index (χ1) is 18.6. The number of hydrogen-bond donors (Lipinski definition) is 1. The summed E-state index contributed by atoms with van der Waals surface area (Å²) in [5, 5.41) is 3.20. The standard InChI is InChI=1S/C29H34ClN3O5S/c1-5-27(29(35)31-21(2)3)32(19-22-11-9-14-25(17-22)38-4)28(34)20-33(24-13-10-12-23(30)18-24)39(36,37)26-15-7-6-8-16-26/h6-18,21,27H,5,19-20H2,1-4H3,(H,31,35). The third-order valence-corrected chi connectivity index (χ3v) is 8.03. The van der Waals surface area contributed by atoms with Crippen LogP contribution in [0.2, 0.25) is 5.02 Å². The third-order valence-electron chi connectivity index (χ3n) is 6.01. The molecule has 10 heteroatoms. The van der Waals surface area contributed by atoms with Crippen molar-refractivity contribution in [1.82, 2.24) is 10.2 Å². The Bertz CT molecular complexity index is 1380. The monoisotopic (exact) mass is 571 g/mol. The fourth-order valence-corrected chi connectivity index (χ4v) is 5.76. The quantitative estimate of drug-likeness (QED) is 0.334. The van der Waals surface area contributed by atoms with Crippen LogP contribution >= 0.6 is 11.6 Å². The zero-order chi connectivity index (χ0) is 28.6. The summed E-state index contributed by atoms with van der Waals surface area (Å²) in [6.45, 7) is 5.03. The van der Waals surface area contributed by atoms with Gasteiger partial charge in [0, 0.05) is 17.6 Å². The van der Waals surface area contributed by atoms with Gasteiger partial charge in [-0.2, -0.15) is 0 Å². The van der Waals surface area contributed by atoms with Crippen molar-refractivity contribution < 1.29 is 22.7 Å². The van der Waals surface area contributed by atoms with Crippen LogP contribution in [0.3, 0.4) is 0 Å². The molecule has 0 saturated carbocycles. The molecule has 0 bridgehead atoms. The van der Waals surface area contributed by atoms with Gasteiger partial charge < -0.3 is 15.0 Å². The molecular formula is C29H34ClN3O5S. The van der Waals surface area contributed by atoms with Crippen LogP contribution in [0.15, 0.2) is 83.8 Å². The molecule has 208 valence electrons. The van der Waals surface area contributed by atoms with Crippen molar-refractivity contribution in [2.45, 2.75) is 50.7 Å². The zero-order valence-corrected chi connectivity index (χ0v) is 24.1. The molecule has 0 aliphatic heterocycles. The molecule has 1 unspecified atom stereocenters. The number of nitrogens with one attached hydrogen (secondary N) is 1. The van der Waals surface area contributed by atoms with Gasteiger partial charge in [0.1, 0.15) is 18.3 Å². The van der Waals surface area contributed by atoms with Crippen LogP contribution in [-0.4, -0.2) is 50.9 Å². The van der Waals surface area contributed by atoms with Crippen molar-refractivity contribution in [2.24, 2.45) is 0 Å². The summed E-state index contributed by atoms with van der Waals surface area (Å²) in [5.41, 5.74) is 0.972. The Balaban J connectivity index is 2.06. The van der Waals surface area contributed by atoms with Gasteiger partial charge in [0.2, 0.25) is 11.8 Å². The number of amides is 2. The number of rotatable bonds is 12. The minimum absolute atomic E-state index is 0.0294. The fourth-order valence-electron chi connectivity index (χ4n) is 4.15.